The molecule has 2 aromatic carbocycles. The maximum atomic E-state index is 12.5. The van der Waals surface area contributed by atoms with E-state index in [9.17, 15) is 4.79 Å². The lowest BCUT2D eigenvalue weighted by Gasteiger charge is -2.09. The van der Waals surface area contributed by atoms with E-state index in [1.54, 1.807) is 25.4 Å². The molecule has 3 aromatic rings. The first-order valence-electron chi connectivity index (χ1n) is 9.71. The van der Waals surface area contributed by atoms with Crippen LogP contribution in [0.25, 0.3) is 0 Å². The summed E-state index contributed by atoms with van der Waals surface area (Å²) in [5.74, 6) is 2.82. The maximum Gasteiger partial charge on any atom is 0.251 e. The molecule has 0 bridgehead atoms. The van der Waals surface area contributed by atoms with Gasteiger partial charge in [-0.3, -0.25) is 4.79 Å². The predicted octanol–water partition coefficient (Wildman–Crippen LogP) is 3.40. The van der Waals surface area contributed by atoms with Gasteiger partial charge in [0.25, 0.3) is 5.91 Å². The summed E-state index contributed by atoms with van der Waals surface area (Å²) in [7, 11) is 1.64. The minimum Gasteiger partial charge on any atom is -0.497 e. The van der Waals surface area contributed by atoms with Crippen molar-refractivity contribution in [3.05, 3.63) is 77.5 Å². The summed E-state index contributed by atoms with van der Waals surface area (Å²) in [6, 6.07) is 17.1. The fourth-order valence-corrected chi connectivity index (χ4v) is 3.13. The number of anilines is 1. The molecule has 154 valence electrons. The van der Waals surface area contributed by atoms with Crippen LogP contribution in [-0.4, -0.2) is 31.3 Å². The molecule has 30 heavy (non-hydrogen) atoms. The Morgan fingerprint density at radius 1 is 1.03 bits per heavy atom. The van der Waals surface area contributed by atoms with Crippen molar-refractivity contribution in [3.8, 4) is 17.2 Å². The van der Waals surface area contributed by atoms with Crippen LogP contribution in [0, 0.1) is 0 Å². The van der Waals surface area contributed by atoms with Crippen LogP contribution in [0.3, 0.4) is 0 Å². The Morgan fingerprint density at radius 2 is 1.83 bits per heavy atom. The molecule has 1 aliphatic heterocycles. The van der Waals surface area contributed by atoms with Gasteiger partial charge in [-0.25, -0.2) is 4.98 Å². The minimum absolute atomic E-state index is 0.128. The van der Waals surface area contributed by atoms with Gasteiger partial charge >= 0.3 is 0 Å². The lowest BCUT2D eigenvalue weighted by molar-refractivity contribution is 0.0954. The Balaban J connectivity index is 1.29. The molecular weight excluding hydrogens is 382 g/mol. The van der Waals surface area contributed by atoms with Crippen molar-refractivity contribution in [2.75, 3.05) is 25.8 Å². The number of nitrogens with one attached hydrogen (secondary N) is 2. The second-order valence-corrected chi connectivity index (χ2v) is 6.82. The van der Waals surface area contributed by atoms with Crippen molar-refractivity contribution in [3.63, 3.8) is 0 Å². The van der Waals surface area contributed by atoms with Gasteiger partial charge in [0.1, 0.15) is 11.6 Å². The van der Waals surface area contributed by atoms with E-state index < -0.39 is 0 Å². The van der Waals surface area contributed by atoms with Crippen LogP contribution in [-0.2, 0) is 13.0 Å². The van der Waals surface area contributed by atoms with Crippen molar-refractivity contribution >= 4 is 11.7 Å². The quantitative estimate of drug-likeness (QED) is 0.598. The Kier molecular flexibility index (Phi) is 5.98. The van der Waals surface area contributed by atoms with E-state index in [-0.39, 0.29) is 12.7 Å². The highest BCUT2D eigenvalue weighted by Gasteiger charge is 2.13. The van der Waals surface area contributed by atoms with Gasteiger partial charge in [-0.1, -0.05) is 18.2 Å². The number of hydrogen-bond donors (Lipinski definition) is 2. The summed E-state index contributed by atoms with van der Waals surface area (Å²) < 4.78 is 15.9. The molecule has 2 N–H and O–H groups in total. The molecular formula is C23H23N3O4. The molecule has 1 aliphatic rings. The van der Waals surface area contributed by atoms with Crippen LogP contribution in [0.15, 0.2) is 60.8 Å². The van der Waals surface area contributed by atoms with Gasteiger partial charge in [0.15, 0.2) is 11.5 Å². The van der Waals surface area contributed by atoms with Crippen LogP contribution in [0.1, 0.15) is 21.5 Å². The topological polar surface area (TPSA) is 81.7 Å². The predicted molar refractivity (Wildman–Crippen MR) is 113 cm³/mol. The number of benzene rings is 2. The third kappa shape index (κ3) is 4.81. The Hall–Kier alpha value is -3.74. The molecule has 1 amide bonds. The summed E-state index contributed by atoms with van der Waals surface area (Å²) in [5, 5.41) is 6.19. The summed E-state index contributed by atoms with van der Waals surface area (Å²) in [5.41, 5.74) is 2.74. The van der Waals surface area contributed by atoms with Crippen molar-refractivity contribution in [2.24, 2.45) is 0 Å². The van der Waals surface area contributed by atoms with Crippen LogP contribution < -0.4 is 24.8 Å². The molecule has 2 heterocycles. The van der Waals surface area contributed by atoms with Crippen molar-refractivity contribution in [1.29, 1.82) is 0 Å². The van der Waals surface area contributed by atoms with E-state index in [2.05, 4.69) is 15.6 Å². The summed E-state index contributed by atoms with van der Waals surface area (Å²) in [6.07, 6.45) is 2.37. The summed E-state index contributed by atoms with van der Waals surface area (Å²) in [6.45, 7) is 1.36. The van der Waals surface area contributed by atoms with Gasteiger partial charge in [0.2, 0.25) is 6.79 Å². The normalized spacial score (nSPS) is 11.8. The molecule has 0 spiro atoms. The highest BCUT2D eigenvalue weighted by molar-refractivity contribution is 5.94. The fraction of sp³-hybridized carbons (Fsp3) is 0.217. The third-order valence-electron chi connectivity index (χ3n) is 4.79. The number of rotatable bonds is 8. The van der Waals surface area contributed by atoms with Crippen molar-refractivity contribution < 1.29 is 19.0 Å². The van der Waals surface area contributed by atoms with Gasteiger partial charge in [-0.05, 0) is 53.9 Å². The number of nitrogens with zero attached hydrogens (tertiary/aromatic N) is 1. The number of carbonyl (C=O) groups is 1. The van der Waals surface area contributed by atoms with E-state index in [0.29, 0.717) is 24.5 Å². The molecule has 0 radical (unpaired) electrons. The van der Waals surface area contributed by atoms with Crippen molar-refractivity contribution in [2.45, 2.75) is 13.0 Å². The summed E-state index contributed by atoms with van der Waals surface area (Å²) in [4.78, 5) is 16.8. The minimum atomic E-state index is -0.128. The Labute approximate surface area is 175 Å². The monoisotopic (exact) mass is 405 g/mol. The van der Waals surface area contributed by atoms with Gasteiger partial charge < -0.3 is 24.8 Å². The zero-order chi connectivity index (χ0) is 20.8. The van der Waals surface area contributed by atoms with Gasteiger partial charge in [0, 0.05) is 24.8 Å². The number of ether oxygens (including phenoxy) is 3. The van der Waals surface area contributed by atoms with Crippen molar-refractivity contribution in [1.82, 2.24) is 10.3 Å². The third-order valence-corrected chi connectivity index (χ3v) is 4.79. The second kappa shape index (κ2) is 9.17. The molecule has 4 rings (SSSR count). The van der Waals surface area contributed by atoms with E-state index >= 15 is 0 Å². The molecule has 0 saturated carbocycles. The molecule has 0 unspecified atom stereocenters. The number of amides is 1. The average Bonchev–Trinajstić information content (AvgIpc) is 3.26. The molecule has 7 heteroatoms. The van der Waals surface area contributed by atoms with Gasteiger partial charge in [-0.2, -0.15) is 0 Å². The molecule has 0 fully saturated rings. The van der Waals surface area contributed by atoms with Crippen LogP contribution >= 0.6 is 0 Å². The van der Waals surface area contributed by atoms with E-state index in [1.165, 1.54) is 0 Å². The molecule has 7 nitrogen and oxygen atoms in total. The lowest BCUT2D eigenvalue weighted by Crippen LogP contribution is -2.25. The van der Waals surface area contributed by atoms with E-state index in [4.69, 9.17) is 14.2 Å². The number of hydrogen-bond acceptors (Lipinski definition) is 6. The van der Waals surface area contributed by atoms with Crippen LogP contribution in [0.4, 0.5) is 5.82 Å². The number of methoxy groups -OCH3 is 1. The first-order valence-corrected chi connectivity index (χ1v) is 9.71. The Bertz CT molecular complexity index is 1020. The number of fused-ring (bicyclic) bond motifs is 1. The first-order chi connectivity index (χ1) is 14.7. The molecule has 1 aromatic heterocycles. The zero-order valence-electron chi connectivity index (χ0n) is 16.7. The highest BCUT2D eigenvalue weighted by atomic mass is 16.7. The number of carbonyl (C=O) groups excluding carboxylic acids is 1. The first kappa shape index (κ1) is 19.6. The zero-order valence-corrected chi connectivity index (χ0v) is 16.7. The van der Waals surface area contributed by atoms with Gasteiger partial charge in [0.05, 0.1) is 7.11 Å². The molecule has 0 saturated heterocycles. The summed E-state index contributed by atoms with van der Waals surface area (Å²) >= 11 is 0. The maximum absolute atomic E-state index is 12.5. The molecule has 0 aliphatic carbocycles. The fourth-order valence-electron chi connectivity index (χ4n) is 3.13. The average molecular weight is 405 g/mol. The van der Waals surface area contributed by atoms with E-state index in [0.717, 1.165) is 34.8 Å². The Morgan fingerprint density at radius 3 is 2.67 bits per heavy atom. The van der Waals surface area contributed by atoms with Crippen LogP contribution in [0.2, 0.25) is 0 Å². The van der Waals surface area contributed by atoms with Crippen LogP contribution in [0.5, 0.6) is 17.2 Å². The smallest absolute Gasteiger partial charge is 0.251 e. The largest absolute Gasteiger partial charge is 0.497 e. The number of pyridine rings is 1. The molecule has 0 atom stereocenters. The number of aromatic nitrogens is 1. The lowest BCUT2D eigenvalue weighted by atomic mass is 10.1. The standard InChI is InChI=1S/C23H23N3O4/c1-28-19-5-2-16(3-6-19)8-10-25-23(27)18-9-11-24-22(13-18)26-14-17-4-7-20-21(12-17)30-15-29-20/h2-7,9,11-13H,8,10,14-15H2,1H3,(H,24,26)(H,25,27). The SMILES string of the molecule is COc1ccc(CCNC(=O)c2ccnc(NCc3ccc4c(c3)OCO4)c2)cc1. The van der Waals surface area contributed by atoms with E-state index in [1.807, 2.05) is 42.5 Å². The van der Waals surface area contributed by atoms with Gasteiger partial charge in [-0.15, -0.1) is 0 Å². The highest BCUT2D eigenvalue weighted by Crippen LogP contribution is 2.32. The second-order valence-electron chi connectivity index (χ2n) is 6.82.